The first kappa shape index (κ1) is 15.5. The van der Waals surface area contributed by atoms with Crippen molar-refractivity contribution < 1.29 is 18.0 Å². The van der Waals surface area contributed by atoms with Gasteiger partial charge in [0, 0.05) is 12.7 Å². The second kappa shape index (κ2) is 5.66. The summed E-state index contributed by atoms with van der Waals surface area (Å²) >= 11 is 1.25. The van der Waals surface area contributed by atoms with E-state index >= 15 is 0 Å². The van der Waals surface area contributed by atoms with E-state index in [-0.39, 0.29) is 5.52 Å². The zero-order valence-corrected chi connectivity index (χ0v) is 12.8. The van der Waals surface area contributed by atoms with Crippen LogP contribution in [0, 0.1) is 0 Å². The Bertz CT molecular complexity index is 859. The second-order valence-corrected chi connectivity index (χ2v) is 5.83. The van der Waals surface area contributed by atoms with Crippen molar-refractivity contribution in [2.24, 2.45) is 0 Å². The molecular weight excluding hydrogens is 325 g/mol. The number of aromatic nitrogens is 1. The molecule has 2 aromatic heterocycles. The molecule has 7 heteroatoms. The fourth-order valence-corrected chi connectivity index (χ4v) is 2.99. The van der Waals surface area contributed by atoms with Crippen LogP contribution < -0.4 is 4.90 Å². The molecule has 0 radical (unpaired) electrons. The Kier molecular flexibility index (Phi) is 3.81. The van der Waals surface area contributed by atoms with E-state index in [9.17, 15) is 18.0 Å². The van der Waals surface area contributed by atoms with Gasteiger partial charge in [-0.15, -0.1) is 11.3 Å². The maximum Gasteiger partial charge on any atom is 0.434 e. The number of carbonyl (C=O) groups excluding carboxylic acids is 1. The van der Waals surface area contributed by atoms with Gasteiger partial charge in [-0.1, -0.05) is 18.2 Å². The molecule has 3 aromatic rings. The Morgan fingerprint density at radius 2 is 1.87 bits per heavy atom. The van der Waals surface area contributed by atoms with Crippen molar-refractivity contribution >= 4 is 33.1 Å². The van der Waals surface area contributed by atoms with Crippen molar-refractivity contribution in [3.8, 4) is 0 Å². The Labute approximate surface area is 134 Å². The number of carbonyl (C=O) groups is 1. The third-order valence-corrected chi connectivity index (χ3v) is 4.24. The van der Waals surface area contributed by atoms with Crippen molar-refractivity contribution in [1.82, 2.24) is 4.98 Å². The Balaban J connectivity index is 2.12. The summed E-state index contributed by atoms with van der Waals surface area (Å²) in [6.45, 7) is 0. The number of thiophene rings is 1. The number of benzene rings is 1. The molecule has 0 aliphatic carbocycles. The monoisotopic (exact) mass is 336 g/mol. The Morgan fingerprint density at radius 1 is 1.17 bits per heavy atom. The predicted octanol–water partition coefficient (Wildman–Crippen LogP) is 4.59. The molecule has 0 aliphatic rings. The molecule has 0 saturated heterocycles. The number of anilines is 1. The van der Waals surface area contributed by atoms with Crippen molar-refractivity contribution in [3.05, 3.63) is 59.1 Å². The third kappa shape index (κ3) is 2.92. The number of amides is 1. The summed E-state index contributed by atoms with van der Waals surface area (Å²) in [6, 6.07) is 11.3. The van der Waals surface area contributed by atoms with Crippen LogP contribution in [0.15, 0.2) is 47.8 Å². The fourth-order valence-electron chi connectivity index (χ4n) is 2.22. The van der Waals surface area contributed by atoms with Gasteiger partial charge in [-0.2, -0.15) is 13.2 Å². The molecule has 0 unspecified atom stereocenters. The minimum Gasteiger partial charge on any atom is -0.311 e. The van der Waals surface area contributed by atoms with E-state index in [0.717, 1.165) is 0 Å². The van der Waals surface area contributed by atoms with E-state index in [1.165, 1.54) is 35.4 Å². The van der Waals surface area contributed by atoms with Crippen molar-refractivity contribution in [3.63, 3.8) is 0 Å². The van der Waals surface area contributed by atoms with E-state index < -0.39 is 23.3 Å². The van der Waals surface area contributed by atoms with Gasteiger partial charge in [-0.05, 0) is 29.6 Å². The number of pyridine rings is 1. The molecule has 0 bridgehead atoms. The number of alkyl halides is 3. The van der Waals surface area contributed by atoms with Gasteiger partial charge in [0.15, 0.2) is 5.69 Å². The molecule has 1 amide bonds. The lowest BCUT2D eigenvalue weighted by molar-refractivity contribution is -0.141. The van der Waals surface area contributed by atoms with Crippen LogP contribution in [0.4, 0.5) is 18.9 Å². The van der Waals surface area contributed by atoms with E-state index in [4.69, 9.17) is 0 Å². The topological polar surface area (TPSA) is 33.2 Å². The van der Waals surface area contributed by atoms with Gasteiger partial charge in [0.05, 0.1) is 15.8 Å². The van der Waals surface area contributed by atoms with Gasteiger partial charge in [0.25, 0.3) is 5.91 Å². The zero-order chi connectivity index (χ0) is 16.6. The number of halogens is 3. The van der Waals surface area contributed by atoms with Crippen LogP contribution in [0.2, 0.25) is 0 Å². The van der Waals surface area contributed by atoms with E-state index in [1.54, 1.807) is 35.7 Å². The number of fused-ring (bicyclic) bond motifs is 1. The first-order chi connectivity index (χ1) is 10.9. The molecule has 2 heterocycles. The highest BCUT2D eigenvalue weighted by Crippen LogP contribution is 2.34. The molecule has 0 spiro atoms. The maximum atomic E-state index is 13.3. The van der Waals surface area contributed by atoms with Gasteiger partial charge in [0.1, 0.15) is 0 Å². The maximum absolute atomic E-state index is 13.3. The lowest BCUT2D eigenvalue weighted by Gasteiger charge is -2.19. The second-order valence-electron chi connectivity index (χ2n) is 4.89. The Hall–Kier alpha value is -2.41. The SMILES string of the molecule is CN(C(=O)c1cc2sccc2nc1C(F)(F)F)c1ccccc1. The van der Waals surface area contributed by atoms with Crippen LogP contribution >= 0.6 is 11.3 Å². The smallest absolute Gasteiger partial charge is 0.311 e. The minimum atomic E-state index is -4.70. The van der Waals surface area contributed by atoms with Gasteiger partial charge < -0.3 is 4.90 Å². The molecule has 1 aromatic carbocycles. The standard InChI is InChI=1S/C16H11F3N2OS/c1-21(10-5-3-2-4-6-10)15(22)11-9-13-12(7-8-23-13)20-14(11)16(17,18)19/h2-9H,1H3. The quantitative estimate of drug-likeness (QED) is 0.686. The molecule has 3 nitrogen and oxygen atoms in total. The average molecular weight is 336 g/mol. The van der Waals surface area contributed by atoms with Crippen LogP contribution in [0.3, 0.4) is 0 Å². The van der Waals surface area contributed by atoms with Crippen LogP contribution in [0.5, 0.6) is 0 Å². The molecule has 0 atom stereocenters. The van der Waals surface area contributed by atoms with Gasteiger partial charge in [-0.3, -0.25) is 4.79 Å². The summed E-state index contributed by atoms with van der Waals surface area (Å²) in [5, 5.41) is 1.65. The van der Waals surface area contributed by atoms with E-state index in [2.05, 4.69) is 4.98 Å². The molecule has 118 valence electrons. The normalized spacial score (nSPS) is 11.7. The summed E-state index contributed by atoms with van der Waals surface area (Å²) in [5.41, 5.74) is -0.854. The van der Waals surface area contributed by atoms with Gasteiger partial charge in [0.2, 0.25) is 0 Å². The number of rotatable bonds is 2. The average Bonchev–Trinajstić information content (AvgIpc) is 2.99. The summed E-state index contributed by atoms with van der Waals surface area (Å²) < 4.78 is 40.4. The molecule has 23 heavy (non-hydrogen) atoms. The van der Waals surface area contributed by atoms with Crippen molar-refractivity contribution in [1.29, 1.82) is 0 Å². The van der Waals surface area contributed by atoms with Gasteiger partial charge >= 0.3 is 6.18 Å². The summed E-state index contributed by atoms with van der Waals surface area (Å²) in [5.74, 6) is -0.744. The van der Waals surface area contributed by atoms with E-state index in [0.29, 0.717) is 10.4 Å². The largest absolute Gasteiger partial charge is 0.434 e. The van der Waals surface area contributed by atoms with Crippen LogP contribution in [0.1, 0.15) is 16.1 Å². The third-order valence-electron chi connectivity index (χ3n) is 3.38. The molecule has 3 rings (SSSR count). The molecule has 0 fully saturated rings. The summed E-state index contributed by atoms with van der Waals surface area (Å²) in [6.07, 6.45) is -4.70. The molecule has 0 N–H and O–H groups in total. The van der Waals surface area contributed by atoms with Crippen LogP contribution in [-0.2, 0) is 6.18 Å². The molecular formula is C16H11F3N2OS. The molecule has 0 aliphatic heterocycles. The summed E-state index contributed by atoms with van der Waals surface area (Å²) in [4.78, 5) is 17.4. The van der Waals surface area contributed by atoms with Crippen LogP contribution in [-0.4, -0.2) is 17.9 Å². The lowest BCUT2D eigenvalue weighted by Crippen LogP contribution is -2.29. The number of nitrogens with zero attached hydrogens (tertiary/aromatic N) is 2. The first-order valence-corrected chi connectivity index (χ1v) is 7.54. The summed E-state index contributed by atoms with van der Waals surface area (Å²) in [7, 11) is 1.44. The lowest BCUT2D eigenvalue weighted by atomic mass is 10.1. The fraction of sp³-hybridized carbons (Fsp3) is 0.125. The van der Waals surface area contributed by atoms with Crippen LogP contribution in [0.25, 0.3) is 10.2 Å². The zero-order valence-electron chi connectivity index (χ0n) is 12.0. The van der Waals surface area contributed by atoms with Crippen molar-refractivity contribution in [2.75, 3.05) is 11.9 Å². The van der Waals surface area contributed by atoms with Crippen molar-refractivity contribution in [2.45, 2.75) is 6.18 Å². The number of hydrogen-bond donors (Lipinski definition) is 0. The first-order valence-electron chi connectivity index (χ1n) is 6.66. The number of hydrogen-bond acceptors (Lipinski definition) is 3. The van der Waals surface area contributed by atoms with Gasteiger partial charge in [-0.25, -0.2) is 4.98 Å². The minimum absolute atomic E-state index is 0.237. The highest BCUT2D eigenvalue weighted by Gasteiger charge is 2.38. The highest BCUT2D eigenvalue weighted by atomic mass is 32.1. The Morgan fingerprint density at radius 3 is 2.52 bits per heavy atom. The highest BCUT2D eigenvalue weighted by molar-refractivity contribution is 7.17. The number of para-hydroxylation sites is 1. The molecule has 0 saturated carbocycles. The van der Waals surface area contributed by atoms with E-state index in [1.807, 2.05) is 0 Å². The predicted molar refractivity (Wildman–Crippen MR) is 83.8 cm³/mol.